The number of benzene rings is 2. The Morgan fingerprint density at radius 2 is 1.85 bits per heavy atom. The van der Waals surface area contributed by atoms with Crippen molar-refractivity contribution in [1.82, 2.24) is 10.3 Å². The van der Waals surface area contributed by atoms with E-state index in [-0.39, 0.29) is 5.91 Å². The van der Waals surface area contributed by atoms with Crippen molar-refractivity contribution in [3.05, 3.63) is 89.2 Å². The molecule has 0 radical (unpaired) electrons. The minimum absolute atomic E-state index is 0.0442. The normalized spacial score (nSPS) is 15.3. The van der Waals surface area contributed by atoms with E-state index in [0.29, 0.717) is 23.5 Å². The number of amides is 1. The van der Waals surface area contributed by atoms with E-state index in [1.165, 1.54) is 11.3 Å². The number of hydrogen-bond donors (Lipinski definition) is 2. The van der Waals surface area contributed by atoms with Crippen molar-refractivity contribution in [2.24, 2.45) is 0 Å². The van der Waals surface area contributed by atoms with E-state index in [1.807, 2.05) is 54.9 Å². The van der Waals surface area contributed by atoms with Gasteiger partial charge in [-0.3, -0.25) is 9.78 Å². The van der Waals surface area contributed by atoms with Gasteiger partial charge < -0.3 is 15.5 Å². The molecule has 1 aromatic heterocycles. The summed E-state index contributed by atoms with van der Waals surface area (Å²) in [4.78, 5) is 19.0. The number of nitrogens with one attached hydrogen (secondary N) is 2. The van der Waals surface area contributed by atoms with Crippen LogP contribution in [-0.4, -0.2) is 36.1 Å². The fourth-order valence-corrected chi connectivity index (χ4v) is 4.64. The molecule has 1 fully saturated rings. The molecular formula is C27H31ClN4O. The first-order valence-corrected chi connectivity index (χ1v) is 12.0. The fraction of sp³-hybridized carbons (Fsp3) is 0.333. The predicted molar refractivity (Wildman–Crippen MR) is 136 cm³/mol. The van der Waals surface area contributed by atoms with Crippen LogP contribution < -0.4 is 15.5 Å². The van der Waals surface area contributed by atoms with Crippen molar-refractivity contribution in [2.45, 2.75) is 44.7 Å². The maximum absolute atomic E-state index is 12.3. The molecule has 4 rings (SSSR count). The number of carbonyl (C=O) groups excluding carboxylic acids is 1. The van der Waals surface area contributed by atoms with Gasteiger partial charge in [0.05, 0.1) is 6.42 Å². The van der Waals surface area contributed by atoms with Crippen molar-refractivity contribution in [3.8, 4) is 0 Å². The summed E-state index contributed by atoms with van der Waals surface area (Å²) in [6.07, 6.45) is 7.31. The zero-order valence-electron chi connectivity index (χ0n) is 19.0. The van der Waals surface area contributed by atoms with Crippen molar-refractivity contribution in [1.29, 1.82) is 0 Å². The average molecular weight is 463 g/mol. The van der Waals surface area contributed by atoms with Crippen LogP contribution in [0.5, 0.6) is 0 Å². The molecule has 1 aliphatic heterocycles. The molecule has 1 saturated heterocycles. The van der Waals surface area contributed by atoms with E-state index in [2.05, 4.69) is 45.6 Å². The van der Waals surface area contributed by atoms with Crippen LogP contribution in [0.1, 0.15) is 30.9 Å². The number of hydrogen-bond acceptors (Lipinski definition) is 4. The van der Waals surface area contributed by atoms with Gasteiger partial charge in [0, 0.05) is 54.0 Å². The summed E-state index contributed by atoms with van der Waals surface area (Å²) in [5, 5.41) is 7.40. The van der Waals surface area contributed by atoms with E-state index in [0.717, 1.165) is 43.6 Å². The van der Waals surface area contributed by atoms with Gasteiger partial charge in [0.15, 0.2) is 0 Å². The largest absolute Gasteiger partial charge is 0.371 e. The smallest absolute Gasteiger partial charge is 0.228 e. The highest BCUT2D eigenvalue weighted by Crippen LogP contribution is 2.23. The van der Waals surface area contributed by atoms with Crippen LogP contribution in [0, 0.1) is 0 Å². The van der Waals surface area contributed by atoms with Gasteiger partial charge in [-0.1, -0.05) is 29.8 Å². The van der Waals surface area contributed by atoms with Crippen LogP contribution in [0.15, 0.2) is 73.1 Å². The Hall–Kier alpha value is -2.89. The lowest BCUT2D eigenvalue weighted by atomic mass is 10.0. The molecule has 1 amide bonds. The van der Waals surface area contributed by atoms with Crippen molar-refractivity contribution in [3.63, 3.8) is 0 Å². The Kier molecular flexibility index (Phi) is 7.97. The summed E-state index contributed by atoms with van der Waals surface area (Å²) in [5.41, 5.74) is 4.19. The molecule has 33 heavy (non-hydrogen) atoms. The van der Waals surface area contributed by atoms with Gasteiger partial charge in [0.25, 0.3) is 0 Å². The summed E-state index contributed by atoms with van der Waals surface area (Å²) >= 11 is 6.00. The number of nitrogens with zero attached hydrogens (tertiary/aromatic N) is 2. The number of anilines is 2. The fourth-order valence-electron chi connectivity index (χ4n) is 4.43. The van der Waals surface area contributed by atoms with Gasteiger partial charge in [-0.25, -0.2) is 0 Å². The zero-order valence-corrected chi connectivity index (χ0v) is 19.8. The second-order valence-corrected chi connectivity index (χ2v) is 9.23. The second kappa shape index (κ2) is 11.3. The average Bonchev–Trinajstić information content (AvgIpc) is 2.81. The van der Waals surface area contributed by atoms with Crippen LogP contribution in [0.3, 0.4) is 0 Å². The zero-order chi connectivity index (χ0) is 23.0. The molecule has 3 aromatic rings. The quantitative estimate of drug-likeness (QED) is 0.488. The first-order chi connectivity index (χ1) is 16.0. The molecule has 0 saturated carbocycles. The van der Waals surface area contributed by atoms with E-state index < -0.39 is 0 Å². The Morgan fingerprint density at radius 1 is 1.09 bits per heavy atom. The molecule has 6 heteroatoms. The molecule has 1 atom stereocenters. The minimum atomic E-state index is -0.0442. The van der Waals surface area contributed by atoms with Gasteiger partial charge in [-0.05, 0) is 79.8 Å². The number of pyridine rings is 1. The molecule has 0 aliphatic carbocycles. The molecule has 0 bridgehead atoms. The number of rotatable bonds is 8. The third kappa shape index (κ3) is 7.04. The van der Waals surface area contributed by atoms with E-state index in [9.17, 15) is 4.79 Å². The molecule has 0 unspecified atom stereocenters. The van der Waals surface area contributed by atoms with Crippen LogP contribution in [-0.2, 0) is 17.6 Å². The molecule has 2 N–H and O–H groups in total. The highest BCUT2D eigenvalue weighted by atomic mass is 35.5. The summed E-state index contributed by atoms with van der Waals surface area (Å²) in [6.45, 7) is 4.30. The Morgan fingerprint density at radius 3 is 2.55 bits per heavy atom. The SMILES string of the molecule is C[C@@H](Cc1cccnc1)NC1CCN(c2ccc(NC(=O)Cc3cccc(Cl)c3)cc2)CC1. The van der Waals surface area contributed by atoms with Crippen LogP contribution in [0.4, 0.5) is 11.4 Å². The molecule has 172 valence electrons. The van der Waals surface area contributed by atoms with Crippen LogP contribution in [0.25, 0.3) is 0 Å². The van der Waals surface area contributed by atoms with Gasteiger partial charge in [-0.15, -0.1) is 0 Å². The standard InChI is InChI=1S/C27H31ClN4O/c1-20(16-22-5-3-13-29-19-22)30-25-11-14-32(15-12-25)26-9-7-24(8-10-26)31-27(33)18-21-4-2-6-23(28)17-21/h2-10,13,17,19-20,25,30H,11-12,14-16,18H2,1H3,(H,31,33)/t20-/m0/s1. The third-order valence-corrected chi connectivity index (χ3v) is 6.28. The van der Waals surface area contributed by atoms with E-state index >= 15 is 0 Å². The number of piperidine rings is 1. The molecule has 0 spiro atoms. The Labute approximate surface area is 201 Å². The highest BCUT2D eigenvalue weighted by Gasteiger charge is 2.21. The molecule has 2 aromatic carbocycles. The maximum atomic E-state index is 12.3. The number of carbonyl (C=O) groups is 1. The number of halogens is 1. The lowest BCUT2D eigenvalue weighted by Gasteiger charge is -2.35. The monoisotopic (exact) mass is 462 g/mol. The number of aromatic nitrogens is 1. The summed E-state index contributed by atoms with van der Waals surface area (Å²) in [7, 11) is 0. The van der Waals surface area contributed by atoms with Gasteiger partial charge in [0.1, 0.15) is 0 Å². The van der Waals surface area contributed by atoms with E-state index in [4.69, 9.17) is 11.6 Å². The van der Waals surface area contributed by atoms with Crippen LogP contribution >= 0.6 is 11.6 Å². The summed E-state index contributed by atoms with van der Waals surface area (Å²) in [5.74, 6) is -0.0442. The topological polar surface area (TPSA) is 57.3 Å². The lowest BCUT2D eigenvalue weighted by molar-refractivity contribution is -0.115. The molecule has 1 aliphatic rings. The highest BCUT2D eigenvalue weighted by molar-refractivity contribution is 6.30. The first-order valence-electron chi connectivity index (χ1n) is 11.6. The Bertz CT molecular complexity index is 1030. The summed E-state index contributed by atoms with van der Waals surface area (Å²) < 4.78 is 0. The van der Waals surface area contributed by atoms with Gasteiger partial charge in [-0.2, -0.15) is 0 Å². The third-order valence-electron chi connectivity index (χ3n) is 6.05. The summed E-state index contributed by atoms with van der Waals surface area (Å²) in [6, 6.07) is 20.6. The van der Waals surface area contributed by atoms with Crippen LogP contribution in [0.2, 0.25) is 5.02 Å². The van der Waals surface area contributed by atoms with Crippen molar-refractivity contribution < 1.29 is 4.79 Å². The Balaban J connectivity index is 1.22. The lowest BCUT2D eigenvalue weighted by Crippen LogP contribution is -2.46. The molecule has 2 heterocycles. The molecule has 5 nitrogen and oxygen atoms in total. The molecular weight excluding hydrogens is 432 g/mol. The van der Waals surface area contributed by atoms with E-state index in [1.54, 1.807) is 0 Å². The maximum Gasteiger partial charge on any atom is 0.228 e. The second-order valence-electron chi connectivity index (χ2n) is 8.80. The predicted octanol–water partition coefficient (Wildman–Crippen LogP) is 5.11. The minimum Gasteiger partial charge on any atom is -0.371 e. The van der Waals surface area contributed by atoms with Crippen molar-refractivity contribution in [2.75, 3.05) is 23.3 Å². The van der Waals surface area contributed by atoms with Gasteiger partial charge in [0.2, 0.25) is 5.91 Å². The first kappa shape index (κ1) is 23.3. The van der Waals surface area contributed by atoms with Gasteiger partial charge >= 0.3 is 0 Å². The van der Waals surface area contributed by atoms with Crippen molar-refractivity contribution >= 4 is 28.9 Å².